The van der Waals surface area contributed by atoms with Crippen LogP contribution in [0.5, 0.6) is 0 Å². The van der Waals surface area contributed by atoms with E-state index in [0.717, 1.165) is 6.54 Å². The standard InChI is InChI=1S/C12H20N4O2/c1-12(2)8-16(7-6-15(12)3)11(18)9-4-5-10(17)14-13-9/h4-8H2,1-3H3,(H,14,17). The number of nitrogens with zero attached hydrogens (tertiary/aromatic N) is 3. The predicted molar refractivity (Wildman–Crippen MR) is 68.1 cm³/mol. The van der Waals surface area contributed by atoms with E-state index in [9.17, 15) is 9.59 Å². The van der Waals surface area contributed by atoms with Gasteiger partial charge in [0.15, 0.2) is 0 Å². The van der Waals surface area contributed by atoms with Gasteiger partial charge in [0, 0.05) is 38.0 Å². The molecule has 0 bridgehead atoms. The van der Waals surface area contributed by atoms with Crippen LogP contribution in [-0.4, -0.2) is 59.5 Å². The number of carbonyl (C=O) groups excluding carboxylic acids is 2. The van der Waals surface area contributed by atoms with Crippen LogP contribution < -0.4 is 5.43 Å². The van der Waals surface area contributed by atoms with E-state index in [4.69, 9.17) is 0 Å². The fourth-order valence-electron chi connectivity index (χ4n) is 2.22. The summed E-state index contributed by atoms with van der Waals surface area (Å²) in [7, 11) is 2.07. The smallest absolute Gasteiger partial charge is 0.270 e. The third kappa shape index (κ3) is 2.53. The number of carbonyl (C=O) groups is 2. The monoisotopic (exact) mass is 252 g/mol. The molecular weight excluding hydrogens is 232 g/mol. The number of hydrazone groups is 1. The van der Waals surface area contributed by atoms with E-state index < -0.39 is 0 Å². The van der Waals surface area contributed by atoms with Gasteiger partial charge in [-0.2, -0.15) is 5.10 Å². The molecule has 1 saturated heterocycles. The topological polar surface area (TPSA) is 65.0 Å². The van der Waals surface area contributed by atoms with Gasteiger partial charge >= 0.3 is 0 Å². The molecule has 100 valence electrons. The Bertz CT molecular complexity index is 403. The van der Waals surface area contributed by atoms with Gasteiger partial charge in [0.1, 0.15) is 5.71 Å². The average Bonchev–Trinajstić information content (AvgIpc) is 2.33. The highest BCUT2D eigenvalue weighted by Gasteiger charge is 2.35. The molecule has 2 amide bonds. The fraction of sp³-hybridized carbons (Fsp3) is 0.750. The molecule has 6 nitrogen and oxygen atoms in total. The van der Waals surface area contributed by atoms with Crippen molar-refractivity contribution in [1.82, 2.24) is 15.2 Å². The van der Waals surface area contributed by atoms with Crippen molar-refractivity contribution >= 4 is 17.5 Å². The summed E-state index contributed by atoms with van der Waals surface area (Å²) >= 11 is 0. The molecule has 0 radical (unpaired) electrons. The van der Waals surface area contributed by atoms with Crippen LogP contribution in [0.15, 0.2) is 5.10 Å². The van der Waals surface area contributed by atoms with Crippen LogP contribution in [-0.2, 0) is 9.59 Å². The second-order valence-electron chi connectivity index (χ2n) is 5.55. The minimum atomic E-state index is -0.120. The number of hydrogen-bond acceptors (Lipinski definition) is 4. The zero-order valence-corrected chi connectivity index (χ0v) is 11.2. The van der Waals surface area contributed by atoms with Crippen LogP contribution in [0.4, 0.5) is 0 Å². The van der Waals surface area contributed by atoms with Gasteiger partial charge in [-0.3, -0.25) is 14.5 Å². The first kappa shape index (κ1) is 13.0. The third-order valence-electron chi connectivity index (χ3n) is 3.75. The van der Waals surface area contributed by atoms with Crippen LogP contribution in [0.3, 0.4) is 0 Å². The summed E-state index contributed by atoms with van der Waals surface area (Å²) in [6.45, 7) is 6.51. The lowest BCUT2D eigenvalue weighted by Crippen LogP contribution is -2.60. The number of likely N-dealkylation sites (N-methyl/N-ethyl adjacent to an activating group) is 1. The summed E-state index contributed by atoms with van der Waals surface area (Å²) in [5.74, 6) is -0.165. The SMILES string of the molecule is CN1CCN(C(=O)C2=NNC(=O)CC2)CC1(C)C. The lowest BCUT2D eigenvalue weighted by molar-refractivity contribution is -0.128. The van der Waals surface area contributed by atoms with Crippen LogP contribution in [0.25, 0.3) is 0 Å². The molecule has 1 N–H and O–H groups in total. The Balaban J connectivity index is 2.04. The Morgan fingerprint density at radius 2 is 2.06 bits per heavy atom. The van der Waals surface area contributed by atoms with Crippen LogP contribution in [0, 0.1) is 0 Å². The van der Waals surface area contributed by atoms with Crippen LogP contribution in [0.2, 0.25) is 0 Å². The first-order valence-corrected chi connectivity index (χ1v) is 6.26. The molecule has 0 aliphatic carbocycles. The van der Waals surface area contributed by atoms with Crippen molar-refractivity contribution in [1.29, 1.82) is 0 Å². The Hall–Kier alpha value is -1.43. The summed E-state index contributed by atoms with van der Waals surface area (Å²) in [5, 5.41) is 3.86. The van der Waals surface area contributed by atoms with E-state index in [0.29, 0.717) is 31.6 Å². The Morgan fingerprint density at radius 3 is 2.61 bits per heavy atom. The molecule has 18 heavy (non-hydrogen) atoms. The summed E-state index contributed by atoms with van der Waals surface area (Å²) in [4.78, 5) is 27.4. The maximum Gasteiger partial charge on any atom is 0.270 e. The van der Waals surface area contributed by atoms with E-state index in [1.54, 1.807) is 0 Å². The molecule has 0 aromatic carbocycles. The minimum Gasteiger partial charge on any atom is -0.334 e. The first-order valence-electron chi connectivity index (χ1n) is 6.26. The lowest BCUT2D eigenvalue weighted by Gasteiger charge is -2.45. The van der Waals surface area contributed by atoms with Crippen molar-refractivity contribution in [2.45, 2.75) is 32.2 Å². The number of nitrogens with one attached hydrogen (secondary N) is 1. The molecule has 2 aliphatic heterocycles. The third-order valence-corrected chi connectivity index (χ3v) is 3.75. The van der Waals surface area contributed by atoms with Gasteiger partial charge in [-0.05, 0) is 20.9 Å². The number of amides is 2. The molecule has 2 rings (SSSR count). The van der Waals surface area contributed by atoms with Gasteiger partial charge in [0.25, 0.3) is 5.91 Å². The number of piperazine rings is 1. The minimum absolute atomic E-state index is 0.0214. The average molecular weight is 252 g/mol. The Morgan fingerprint density at radius 1 is 1.33 bits per heavy atom. The molecule has 2 aliphatic rings. The highest BCUT2D eigenvalue weighted by Crippen LogP contribution is 2.19. The maximum absolute atomic E-state index is 12.3. The maximum atomic E-state index is 12.3. The molecule has 1 fully saturated rings. The van der Waals surface area contributed by atoms with Gasteiger partial charge in [0.05, 0.1) is 0 Å². The van der Waals surface area contributed by atoms with E-state index in [1.165, 1.54) is 0 Å². The summed E-state index contributed by atoms with van der Waals surface area (Å²) in [6, 6.07) is 0. The molecule has 0 saturated carbocycles. The largest absolute Gasteiger partial charge is 0.334 e. The molecule has 0 spiro atoms. The van der Waals surface area contributed by atoms with Gasteiger partial charge in [-0.15, -0.1) is 0 Å². The van der Waals surface area contributed by atoms with Crippen molar-refractivity contribution in [2.24, 2.45) is 5.10 Å². The zero-order chi connectivity index (χ0) is 13.3. The summed E-state index contributed by atoms with van der Waals surface area (Å²) in [5.41, 5.74) is 2.82. The normalized spacial score (nSPS) is 24.5. The molecular formula is C12H20N4O2. The Kier molecular flexibility index (Phi) is 3.38. The van der Waals surface area contributed by atoms with Crippen LogP contribution >= 0.6 is 0 Å². The van der Waals surface area contributed by atoms with Crippen molar-refractivity contribution in [3.63, 3.8) is 0 Å². The number of rotatable bonds is 1. The van der Waals surface area contributed by atoms with Gasteiger partial charge in [-0.25, -0.2) is 5.43 Å². The summed E-state index contributed by atoms with van der Waals surface area (Å²) in [6.07, 6.45) is 0.791. The molecule has 0 aromatic rings. The van der Waals surface area contributed by atoms with Gasteiger partial charge in [-0.1, -0.05) is 0 Å². The predicted octanol–water partition coefficient (Wildman–Crippen LogP) is -0.195. The van der Waals surface area contributed by atoms with Crippen molar-refractivity contribution in [2.75, 3.05) is 26.7 Å². The van der Waals surface area contributed by atoms with E-state index in [1.807, 2.05) is 4.90 Å². The highest BCUT2D eigenvalue weighted by molar-refractivity contribution is 6.39. The molecule has 0 atom stereocenters. The van der Waals surface area contributed by atoms with Gasteiger partial charge in [0.2, 0.25) is 5.91 Å². The second kappa shape index (κ2) is 4.68. The van der Waals surface area contributed by atoms with Crippen molar-refractivity contribution < 1.29 is 9.59 Å². The second-order valence-corrected chi connectivity index (χ2v) is 5.55. The summed E-state index contributed by atoms with van der Waals surface area (Å²) < 4.78 is 0. The lowest BCUT2D eigenvalue weighted by atomic mass is 9.99. The Labute approximate surface area is 107 Å². The quantitative estimate of drug-likeness (QED) is 0.703. The molecule has 2 heterocycles. The molecule has 0 aromatic heterocycles. The molecule has 0 unspecified atom stereocenters. The first-order chi connectivity index (χ1) is 8.40. The van der Waals surface area contributed by atoms with Crippen LogP contribution in [0.1, 0.15) is 26.7 Å². The van der Waals surface area contributed by atoms with E-state index in [-0.39, 0.29) is 17.4 Å². The number of hydrogen-bond donors (Lipinski definition) is 1. The van der Waals surface area contributed by atoms with Gasteiger partial charge < -0.3 is 4.90 Å². The highest BCUT2D eigenvalue weighted by atomic mass is 16.2. The fourth-order valence-corrected chi connectivity index (χ4v) is 2.22. The van der Waals surface area contributed by atoms with Crippen molar-refractivity contribution in [3.05, 3.63) is 0 Å². The zero-order valence-electron chi connectivity index (χ0n) is 11.2. The van der Waals surface area contributed by atoms with E-state index in [2.05, 4.69) is 36.3 Å². The van der Waals surface area contributed by atoms with E-state index >= 15 is 0 Å². The van der Waals surface area contributed by atoms with Crippen molar-refractivity contribution in [3.8, 4) is 0 Å². The molecule has 6 heteroatoms.